The van der Waals surface area contributed by atoms with Gasteiger partial charge in [-0.25, -0.2) is 4.98 Å². The topological polar surface area (TPSA) is 101 Å². The lowest BCUT2D eigenvalue weighted by atomic mass is 10.3. The number of halogens is 1. The maximum atomic E-state index is 10.9. The van der Waals surface area contributed by atoms with Crippen LogP contribution in [0.1, 0.15) is 10.4 Å². The molecule has 0 amide bonds. The molecule has 0 fully saturated rings. The first-order valence-electron chi connectivity index (χ1n) is 4.94. The van der Waals surface area contributed by atoms with Crippen molar-refractivity contribution in [3.8, 4) is 5.75 Å². The van der Waals surface area contributed by atoms with E-state index in [2.05, 4.69) is 15.3 Å². The molecule has 0 radical (unpaired) electrons. The van der Waals surface area contributed by atoms with Crippen molar-refractivity contribution in [2.75, 3.05) is 11.1 Å². The van der Waals surface area contributed by atoms with E-state index in [9.17, 15) is 4.79 Å². The molecular formula is C11H9ClN4O2. The third kappa shape index (κ3) is 2.49. The summed E-state index contributed by atoms with van der Waals surface area (Å²) in [5, 5.41) is 12.0. The van der Waals surface area contributed by atoms with Crippen LogP contribution in [-0.4, -0.2) is 21.4 Å². The number of phenolic OH excluding ortho intramolecular Hbond substituents is 1. The van der Waals surface area contributed by atoms with Gasteiger partial charge in [-0.1, -0.05) is 11.6 Å². The number of benzene rings is 1. The van der Waals surface area contributed by atoms with Gasteiger partial charge in [0.1, 0.15) is 16.7 Å². The maximum Gasteiger partial charge on any atom is 0.223 e. The van der Waals surface area contributed by atoms with Crippen LogP contribution in [0, 0.1) is 0 Å². The summed E-state index contributed by atoms with van der Waals surface area (Å²) in [4.78, 5) is 18.5. The minimum Gasteiger partial charge on any atom is -0.508 e. The number of nitrogens with one attached hydrogen (secondary N) is 1. The van der Waals surface area contributed by atoms with E-state index in [0.29, 0.717) is 12.0 Å². The van der Waals surface area contributed by atoms with Crippen molar-refractivity contribution in [1.29, 1.82) is 0 Å². The molecule has 0 aliphatic heterocycles. The highest BCUT2D eigenvalue weighted by molar-refractivity contribution is 6.32. The standard InChI is InChI=1S/C11H9ClN4O2/c12-9-8(5-17)10(16-11(13)15-9)14-6-1-3-7(18)4-2-6/h1-5,18H,(H3,13,14,15,16). The Kier molecular flexibility index (Phi) is 3.29. The summed E-state index contributed by atoms with van der Waals surface area (Å²) in [5.41, 5.74) is 6.21. The molecule has 92 valence electrons. The summed E-state index contributed by atoms with van der Waals surface area (Å²) in [6.07, 6.45) is 0.546. The van der Waals surface area contributed by atoms with E-state index in [1.54, 1.807) is 12.1 Å². The molecule has 0 unspecified atom stereocenters. The molecule has 7 heteroatoms. The van der Waals surface area contributed by atoms with Crippen molar-refractivity contribution < 1.29 is 9.90 Å². The Bertz CT molecular complexity index is 586. The molecule has 0 saturated carbocycles. The Morgan fingerprint density at radius 1 is 1.28 bits per heavy atom. The van der Waals surface area contributed by atoms with Crippen LogP contribution in [-0.2, 0) is 0 Å². The van der Waals surface area contributed by atoms with E-state index < -0.39 is 0 Å². The summed E-state index contributed by atoms with van der Waals surface area (Å²) in [7, 11) is 0. The molecule has 4 N–H and O–H groups in total. The molecule has 1 heterocycles. The van der Waals surface area contributed by atoms with Gasteiger partial charge in [-0.15, -0.1) is 0 Å². The third-order valence-corrected chi connectivity index (χ3v) is 2.45. The lowest BCUT2D eigenvalue weighted by molar-refractivity contribution is 0.112. The van der Waals surface area contributed by atoms with Crippen LogP contribution in [0.4, 0.5) is 17.5 Å². The lowest BCUT2D eigenvalue weighted by Gasteiger charge is -2.09. The highest BCUT2D eigenvalue weighted by Crippen LogP contribution is 2.24. The molecule has 1 aromatic carbocycles. The molecule has 0 aliphatic carbocycles. The lowest BCUT2D eigenvalue weighted by Crippen LogP contribution is -2.05. The van der Waals surface area contributed by atoms with Crippen molar-refractivity contribution in [2.24, 2.45) is 0 Å². The van der Waals surface area contributed by atoms with Crippen molar-refractivity contribution in [3.63, 3.8) is 0 Å². The fraction of sp³-hybridized carbons (Fsp3) is 0. The fourth-order valence-corrected chi connectivity index (χ4v) is 1.56. The van der Waals surface area contributed by atoms with Crippen LogP contribution in [0.15, 0.2) is 24.3 Å². The first-order valence-corrected chi connectivity index (χ1v) is 5.32. The number of carbonyl (C=O) groups is 1. The summed E-state index contributed by atoms with van der Waals surface area (Å²) in [6.45, 7) is 0. The maximum absolute atomic E-state index is 10.9. The molecule has 0 aliphatic rings. The van der Waals surface area contributed by atoms with Crippen LogP contribution in [0.25, 0.3) is 0 Å². The number of phenols is 1. The zero-order chi connectivity index (χ0) is 13.1. The largest absolute Gasteiger partial charge is 0.508 e. The number of hydrogen-bond acceptors (Lipinski definition) is 6. The monoisotopic (exact) mass is 264 g/mol. The Hall–Kier alpha value is -2.34. The quantitative estimate of drug-likeness (QED) is 0.445. The highest BCUT2D eigenvalue weighted by atomic mass is 35.5. The number of aromatic nitrogens is 2. The Labute approximate surface area is 107 Å². The SMILES string of the molecule is Nc1nc(Cl)c(C=O)c(Nc2ccc(O)cc2)n1. The normalized spacial score (nSPS) is 10.1. The van der Waals surface area contributed by atoms with E-state index in [-0.39, 0.29) is 28.2 Å². The second kappa shape index (κ2) is 4.89. The molecule has 0 atom stereocenters. The minimum absolute atomic E-state index is 0.0150. The third-order valence-electron chi connectivity index (χ3n) is 2.16. The first kappa shape index (κ1) is 12.1. The summed E-state index contributed by atoms with van der Waals surface area (Å²) >= 11 is 5.78. The van der Waals surface area contributed by atoms with Gasteiger partial charge in [-0.2, -0.15) is 4.98 Å². The molecule has 18 heavy (non-hydrogen) atoms. The minimum atomic E-state index is -0.0353. The van der Waals surface area contributed by atoms with Gasteiger partial charge in [0, 0.05) is 5.69 Å². The number of carbonyl (C=O) groups excluding carboxylic acids is 1. The zero-order valence-electron chi connectivity index (χ0n) is 9.09. The van der Waals surface area contributed by atoms with Crippen molar-refractivity contribution in [1.82, 2.24) is 9.97 Å². The average molecular weight is 265 g/mol. The molecule has 2 aromatic rings. The van der Waals surface area contributed by atoms with Gasteiger partial charge < -0.3 is 16.2 Å². The van der Waals surface area contributed by atoms with Crippen molar-refractivity contribution in [2.45, 2.75) is 0 Å². The van der Waals surface area contributed by atoms with Crippen LogP contribution in [0.5, 0.6) is 5.75 Å². The van der Waals surface area contributed by atoms with Crippen molar-refractivity contribution >= 4 is 35.3 Å². The summed E-state index contributed by atoms with van der Waals surface area (Å²) < 4.78 is 0. The Morgan fingerprint density at radius 2 is 1.94 bits per heavy atom. The van der Waals surface area contributed by atoms with E-state index in [0.717, 1.165) is 0 Å². The Morgan fingerprint density at radius 3 is 2.56 bits per heavy atom. The van der Waals surface area contributed by atoms with Gasteiger partial charge in [-0.3, -0.25) is 4.79 Å². The van der Waals surface area contributed by atoms with E-state index in [4.69, 9.17) is 22.4 Å². The second-order valence-corrected chi connectivity index (χ2v) is 3.78. The van der Waals surface area contributed by atoms with Crippen LogP contribution >= 0.6 is 11.6 Å². The predicted octanol–water partition coefficient (Wildman–Crippen LogP) is 1.97. The average Bonchev–Trinajstić information content (AvgIpc) is 2.32. The zero-order valence-corrected chi connectivity index (χ0v) is 9.85. The van der Waals surface area contributed by atoms with Gasteiger partial charge in [0.2, 0.25) is 5.95 Å². The van der Waals surface area contributed by atoms with Crippen LogP contribution in [0.3, 0.4) is 0 Å². The molecule has 2 rings (SSSR count). The number of nitrogens with zero attached hydrogens (tertiary/aromatic N) is 2. The molecule has 0 bridgehead atoms. The van der Waals surface area contributed by atoms with Crippen LogP contribution in [0.2, 0.25) is 5.15 Å². The fourth-order valence-electron chi connectivity index (χ4n) is 1.34. The van der Waals surface area contributed by atoms with E-state index in [1.807, 2.05) is 0 Å². The summed E-state index contributed by atoms with van der Waals surface area (Å²) in [6, 6.07) is 6.23. The van der Waals surface area contributed by atoms with Gasteiger partial charge in [-0.05, 0) is 24.3 Å². The number of nitrogen functional groups attached to an aromatic ring is 1. The van der Waals surface area contributed by atoms with Gasteiger partial charge in [0.15, 0.2) is 6.29 Å². The molecule has 0 spiro atoms. The van der Waals surface area contributed by atoms with Crippen LogP contribution < -0.4 is 11.1 Å². The number of rotatable bonds is 3. The number of aldehydes is 1. The summed E-state index contributed by atoms with van der Waals surface area (Å²) in [5.74, 6) is 0.316. The molecule has 6 nitrogen and oxygen atoms in total. The smallest absolute Gasteiger partial charge is 0.223 e. The van der Waals surface area contributed by atoms with Gasteiger partial charge >= 0.3 is 0 Å². The first-order chi connectivity index (χ1) is 8.60. The number of hydrogen-bond donors (Lipinski definition) is 3. The van der Waals surface area contributed by atoms with Crippen molar-refractivity contribution in [3.05, 3.63) is 35.0 Å². The number of anilines is 3. The van der Waals surface area contributed by atoms with Gasteiger partial charge in [0.25, 0.3) is 0 Å². The second-order valence-electron chi connectivity index (χ2n) is 3.42. The number of aromatic hydroxyl groups is 1. The van der Waals surface area contributed by atoms with E-state index >= 15 is 0 Å². The highest BCUT2D eigenvalue weighted by Gasteiger charge is 2.11. The number of nitrogens with two attached hydrogens (primary N) is 1. The van der Waals surface area contributed by atoms with Gasteiger partial charge in [0.05, 0.1) is 5.56 Å². The van der Waals surface area contributed by atoms with E-state index in [1.165, 1.54) is 12.1 Å². The molecular weight excluding hydrogens is 256 g/mol. The predicted molar refractivity (Wildman–Crippen MR) is 68.2 cm³/mol. The Balaban J connectivity index is 2.39. The molecule has 1 aromatic heterocycles. The molecule has 0 saturated heterocycles.